The van der Waals surface area contributed by atoms with Crippen LogP contribution in [0.5, 0.6) is 0 Å². The third-order valence-electron chi connectivity index (χ3n) is 6.19. The average molecular weight is 446 g/mol. The molecule has 3 unspecified atom stereocenters. The molecule has 1 saturated carbocycles. The minimum absolute atomic E-state index is 0.240. The maximum absolute atomic E-state index is 14.6. The lowest BCUT2D eigenvalue weighted by atomic mass is 9.88. The Bertz CT molecular complexity index is 1130. The Balaban J connectivity index is 1.67. The number of piperidine rings is 1. The van der Waals surface area contributed by atoms with E-state index in [0.29, 0.717) is 5.56 Å². The second-order valence-corrected chi connectivity index (χ2v) is 9.65. The Morgan fingerprint density at radius 2 is 1.93 bits per heavy atom. The number of aryl methyl sites for hydroxylation is 1. The molecule has 1 aromatic heterocycles. The van der Waals surface area contributed by atoms with Crippen molar-refractivity contribution in [1.29, 1.82) is 0 Å². The highest BCUT2D eigenvalue weighted by Gasteiger charge is 2.72. The zero-order valence-corrected chi connectivity index (χ0v) is 17.3. The summed E-state index contributed by atoms with van der Waals surface area (Å²) in [5, 5.41) is 5.77. The van der Waals surface area contributed by atoms with Gasteiger partial charge in [-0.05, 0) is 36.6 Å². The van der Waals surface area contributed by atoms with E-state index < -0.39 is 51.5 Å². The van der Waals surface area contributed by atoms with Crippen molar-refractivity contribution in [1.82, 2.24) is 19.2 Å². The molecule has 1 aromatic carbocycles. The first-order valence-corrected chi connectivity index (χ1v) is 10.8. The molecule has 30 heavy (non-hydrogen) atoms. The first kappa shape index (κ1) is 21.1. The highest BCUT2D eigenvalue weighted by molar-refractivity contribution is 7.87. The Kier molecular flexibility index (Phi) is 4.86. The number of aromatic amines is 1. The van der Waals surface area contributed by atoms with Gasteiger partial charge in [0.25, 0.3) is 16.1 Å². The van der Waals surface area contributed by atoms with Gasteiger partial charge in [0.2, 0.25) is 5.89 Å². The van der Waals surface area contributed by atoms with E-state index in [2.05, 4.69) is 14.9 Å². The van der Waals surface area contributed by atoms with E-state index in [1.807, 2.05) is 0 Å². The number of aromatic nitrogens is 2. The monoisotopic (exact) mass is 446 g/mol. The number of benzene rings is 1. The zero-order valence-electron chi connectivity index (χ0n) is 16.4. The van der Waals surface area contributed by atoms with Crippen LogP contribution in [0.15, 0.2) is 21.3 Å². The SMILES string of the molecule is Cc1ccc(F)c(C(C)[C@H](NS(=O)(=O)N2CC3C(C2)C3(F)F)c2n[nH]c(=O)o2)c1C. The molecule has 2 aromatic rings. The predicted molar refractivity (Wildman–Crippen MR) is 99.7 cm³/mol. The van der Waals surface area contributed by atoms with Crippen LogP contribution < -0.4 is 10.5 Å². The summed E-state index contributed by atoms with van der Waals surface area (Å²) >= 11 is 0. The molecular formula is C18H21F3N4O4S. The average Bonchev–Trinajstić information content (AvgIpc) is 3.11. The molecule has 164 valence electrons. The second-order valence-electron chi connectivity index (χ2n) is 7.95. The minimum Gasteiger partial charge on any atom is -0.391 e. The Morgan fingerprint density at radius 1 is 1.30 bits per heavy atom. The van der Waals surface area contributed by atoms with Gasteiger partial charge in [-0.1, -0.05) is 13.0 Å². The Morgan fingerprint density at radius 3 is 2.50 bits per heavy atom. The number of halogens is 3. The maximum atomic E-state index is 14.6. The molecule has 8 nitrogen and oxygen atoms in total. The molecule has 12 heteroatoms. The lowest BCUT2D eigenvalue weighted by molar-refractivity contribution is 0.0659. The van der Waals surface area contributed by atoms with Crippen LogP contribution in [0, 0.1) is 31.5 Å². The van der Waals surface area contributed by atoms with Crippen LogP contribution in [0.3, 0.4) is 0 Å². The molecule has 4 rings (SSSR count). The molecule has 0 bridgehead atoms. The normalized spacial score (nSPS) is 25.1. The lowest BCUT2D eigenvalue weighted by Crippen LogP contribution is -2.44. The fourth-order valence-electron chi connectivity index (χ4n) is 4.17. The van der Waals surface area contributed by atoms with Gasteiger partial charge in [0.15, 0.2) is 0 Å². The van der Waals surface area contributed by atoms with Crippen molar-refractivity contribution in [3.05, 3.63) is 51.1 Å². The van der Waals surface area contributed by atoms with Crippen LogP contribution in [-0.2, 0) is 10.2 Å². The van der Waals surface area contributed by atoms with Crippen LogP contribution in [0.2, 0.25) is 0 Å². The summed E-state index contributed by atoms with van der Waals surface area (Å²) < 4.78 is 75.6. The topological polar surface area (TPSA) is 108 Å². The van der Waals surface area contributed by atoms with Gasteiger partial charge in [0.05, 0.1) is 0 Å². The van der Waals surface area contributed by atoms with E-state index in [0.717, 1.165) is 9.87 Å². The number of alkyl halides is 2. The molecule has 2 N–H and O–H groups in total. The Labute approximate surface area is 170 Å². The molecule has 2 fully saturated rings. The third kappa shape index (κ3) is 3.36. The van der Waals surface area contributed by atoms with E-state index in [4.69, 9.17) is 4.42 Å². The van der Waals surface area contributed by atoms with Crippen molar-refractivity contribution in [2.75, 3.05) is 13.1 Å². The summed E-state index contributed by atoms with van der Waals surface area (Å²) in [6.07, 6.45) is 0. The van der Waals surface area contributed by atoms with Crippen molar-refractivity contribution in [3.8, 4) is 0 Å². The van der Waals surface area contributed by atoms with E-state index in [-0.39, 0.29) is 24.5 Å². The number of rotatable bonds is 6. The first-order valence-electron chi connectivity index (χ1n) is 9.39. The second kappa shape index (κ2) is 6.92. The van der Waals surface area contributed by atoms with Crippen molar-refractivity contribution >= 4 is 10.2 Å². The predicted octanol–water partition coefficient (Wildman–Crippen LogP) is 1.99. The van der Waals surface area contributed by atoms with E-state index in [1.165, 1.54) is 6.07 Å². The highest BCUT2D eigenvalue weighted by atomic mass is 32.2. The molecule has 0 radical (unpaired) electrons. The van der Waals surface area contributed by atoms with Crippen molar-refractivity contribution in [2.24, 2.45) is 11.8 Å². The summed E-state index contributed by atoms with van der Waals surface area (Å²) in [6.45, 7) is 4.44. The number of hydrogen-bond donors (Lipinski definition) is 2. The van der Waals surface area contributed by atoms with Crippen molar-refractivity contribution in [2.45, 2.75) is 38.7 Å². The largest absolute Gasteiger partial charge is 0.434 e. The molecule has 2 aliphatic rings. The van der Waals surface area contributed by atoms with Gasteiger partial charge in [-0.3, -0.25) is 0 Å². The van der Waals surface area contributed by atoms with Gasteiger partial charge < -0.3 is 4.42 Å². The molecule has 4 atom stereocenters. The summed E-state index contributed by atoms with van der Waals surface area (Å²) in [4.78, 5) is 11.5. The molecule has 2 heterocycles. The summed E-state index contributed by atoms with van der Waals surface area (Å²) in [6, 6.07) is 1.64. The van der Waals surface area contributed by atoms with Gasteiger partial charge in [-0.2, -0.15) is 17.4 Å². The number of nitrogens with zero attached hydrogens (tertiary/aromatic N) is 2. The molecule has 0 spiro atoms. The molecule has 1 aliphatic heterocycles. The van der Waals surface area contributed by atoms with Crippen LogP contribution in [-0.4, -0.2) is 41.9 Å². The number of fused-ring (bicyclic) bond motifs is 1. The quantitative estimate of drug-likeness (QED) is 0.706. The minimum atomic E-state index is -4.23. The van der Waals surface area contributed by atoms with Crippen LogP contribution in [0.25, 0.3) is 0 Å². The summed E-state index contributed by atoms with van der Waals surface area (Å²) in [5.41, 5.74) is 1.65. The molecular weight excluding hydrogens is 425 g/mol. The van der Waals surface area contributed by atoms with Crippen molar-refractivity contribution in [3.63, 3.8) is 0 Å². The highest BCUT2D eigenvalue weighted by Crippen LogP contribution is 2.59. The Hall–Kier alpha value is -2.18. The van der Waals surface area contributed by atoms with Crippen LogP contribution in [0.1, 0.15) is 41.5 Å². The number of hydrogen-bond acceptors (Lipinski definition) is 5. The fourth-order valence-corrected chi connectivity index (χ4v) is 5.66. The molecule has 1 saturated heterocycles. The van der Waals surface area contributed by atoms with Crippen LogP contribution in [0.4, 0.5) is 13.2 Å². The first-order chi connectivity index (χ1) is 13.9. The van der Waals surface area contributed by atoms with Gasteiger partial charge in [0, 0.05) is 30.8 Å². The number of H-pyrrole nitrogens is 1. The lowest BCUT2D eigenvalue weighted by Gasteiger charge is -2.27. The van der Waals surface area contributed by atoms with E-state index in [9.17, 15) is 26.4 Å². The molecule has 0 amide bonds. The number of nitrogens with one attached hydrogen (secondary N) is 2. The fraction of sp³-hybridized carbons (Fsp3) is 0.556. The van der Waals surface area contributed by atoms with E-state index in [1.54, 1.807) is 26.8 Å². The summed E-state index contributed by atoms with van der Waals surface area (Å²) in [7, 11) is -4.23. The third-order valence-corrected chi connectivity index (χ3v) is 7.72. The summed E-state index contributed by atoms with van der Waals surface area (Å²) in [5.74, 6) is -7.36. The van der Waals surface area contributed by atoms with Gasteiger partial charge in [-0.25, -0.2) is 23.1 Å². The molecule has 1 aliphatic carbocycles. The zero-order chi connectivity index (χ0) is 22.0. The van der Waals surface area contributed by atoms with Crippen LogP contribution >= 0.6 is 0 Å². The van der Waals surface area contributed by atoms with Crippen molar-refractivity contribution < 1.29 is 26.0 Å². The smallest absolute Gasteiger partial charge is 0.391 e. The maximum Gasteiger partial charge on any atom is 0.434 e. The van der Waals surface area contributed by atoms with Gasteiger partial charge in [0.1, 0.15) is 11.9 Å². The van der Waals surface area contributed by atoms with E-state index >= 15 is 0 Å². The van der Waals surface area contributed by atoms with Gasteiger partial charge in [-0.15, -0.1) is 5.10 Å². The van der Waals surface area contributed by atoms with Gasteiger partial charge >= 0.3 is 5.76 Å². The standard InChI is InChI=1S/C18H21F3N4O4S/c1-8-4-5-13(19)14(9(8)2)10(3)15(16-22-23-17(26)29-16)24-30(27,28)25-6-11-12(7-25)18(11,20)21/h4-5,10-12,15,24H,6-7H2,1-3H3,(H,23,26)/t10?,11?,12?,15-/m0/s1.